The van der Waals surface area contributed by atoms with Crippen LogP contribution in [0.1, 0.15) is 24.2 Å². The molecule has 0 radical (unpaired) electrons. The van der Waals surface area contributed by atoms with Gasteiger partial charge in [-0.3, -0.25) is 24.6 Å². The first-order chi connectivity index (χ1) is 17.0. The molecule has 10 heteroatoms. The van der Waals surface area contributed by atoms with Crippen LogP contribution in [0.4, 0.5) is 4.79 Å². The second-order valence-electron chi connectivity index (χ2n) is 8.46. The van der Waals surface area contributed by atoms with Gasteiger partial charge in [0.1, 0.15) is 17.9 Å². The fourth-order valence-corrected chi connectivity index (χ4v) is 4.32. The Kier molecular flexibility index (Phi) is 6.19. The van der Waals surface area contributed by atoms with Gasteiger partial charge in [-0.2, -0.15) is 0 Å². The molecule has 0 unspecified atom stereocenters. The summed E-state index contributed by atoms with van der Waals surface area (Å²) >= 11 is 0. The summed E-state index contributed by atoms with van der Waals surface area (Å²) in [6.45, 7) is 1.15. The molecule has 0 aliphatic carbocycles. The molecule has 180 valence electrons. The predicted octanol–water partition coefficient (Wildman–Crippen LogP) is 2.19. The summed E-state index contributed by atoms with van der Waals surface area (Å²) < 4.78 is 12.6. The molecule has 3 aromatic rings. The van der Waals surface area contributed by atoms with Gasteiger partial charge in [-0.25, -0.2) is 4.79 Å². The molecule has 1 atom stereocenters. The van der Waals surface area contributed by atoms with Crippen molar-refractivity contribution in [2.75, 3.05) is 13.2 Å². The van der Waals surface area contributed by atoms with E-state index in [4.69, 9.17) is 9.15 Å². The summed E-state index contributed by atoms with van der Waals surface area (Å²) in [6, 6.07) is 9.87. The van der Waals surface area contributed by atoms with E-state index in [9.17, 15) is 19.2 Å². The maximum Gasteiger partial charge on any atom is 0.331 e. The van der Waals surface area contributed by atoms with Crippen LogP contribution in [0, 0.1) is 0 Å². The monoisotopic (exact) mass is 476 g/mol. The van der Waals surface area contributed by atoms with Crippen LogP contribution in [0.2, 0.25) is 0 Å². The smallest absolute Gasteiger partial charge is 0.331 e. The second-order valence-corrected chi connectivity index (χ2v) is 8.46. The number of furan rings is 1. The first kappa shape index (κ1) is 22.6. The van der Waals surface area contributed by atoms with Crippen molar-refractivity contribution < 1.29 is 28.3 Å². The molecule has 4 heterocycles. The third-order valence-electron chi connectivity index (χ3n) is 6.06. The highest BCUT2D eigenvalue weighted by Gasteiger charge is 2.36. The molecule has 0 saturated carbocycles. The zero-order valence-corrected chi connectivity index (χ0v) is 18.9. The van der Waals surface area contributed by atoms with Gasteiger partial charge in [0.25, 0.3) is 11.8 Å². The number of para-hydroxylation sites is 1. The number of ether oxygens (including phenoxy) is 1. The molecule has 2 aliphatic heterocycles. The topological polar surface area (TPSA) is 123 Å². The molecule has 0 spiro atoms. The number of imide groups is 2. The Morgan fingerprint density at radius 1 is 1.17 bits per heavy atom. The molecule has 0 bridgehead atoms. The number of fused-ring (bicyclic) bond motifs is 1. The van der Waals surface area contributed by atoms with Crippen molar-refractivity contribution in [3.8, 4) is 0 Å². The van der Waals surface area contributed by atoms with Crippen LogP contribution in [0.15, 0.2) is 58.8 Å². The van der Waals surface area contributed by atoms with Crippen LogP contribution in [0.5, 0.6) is 0 Å². The molecular weight excluding hydrogens is 452 g/mol. The maximum atomic E-state index is 13.1. The van der Waals surface area contributed by atoms with Gasteiger partial charge in [0.15, 0.2) is 0 Å². The number of barbiturate groups is 1. The SMILES string of the molecule is O=C(Cn1cc(/C=C2/C(=O)NC(=O)N(Cc3ccco3)C2=O)c2ccccc21)NC[C@H]1CCCO1. The number of aromatic nitrogens is 1. The standard InChI is InChI=1S/C25H24N4O6/c30-22(26-12-17-5-3-9-34-17)15-28-13-16(19-7-1-2-8-21(19)28)11-20-23(31)27-25(33)29(24(20)32)14-18-6-4-10-35-18/h1-2,4,6-8,10-11,13,17H,3,5,9,12,14-15H2,(H,26,30)(H,27,31,33)/b20-11-/t17-/m1/s1. The summed E-state index contributed by atoms with van der Waals surface area (Å²) in [7, 11) is 0. The quantitative estimate of drug-likeness (QED) is 0.398. The van der Waals surface area contributed by atoms with Crippen molar-refractivity contribution in [2.24, 2.45) is 0 Å². The van der Waals surface area contributed by atoms with E-state index in [2.05, 4.69) is 10.6 Å². The van der Waals surface area contributed by atoms with Crippen LogP contribution < -0.4 is 10.6 Å². The highest BCUT2D eigenvalue weighted by atomic mass is 16.5. The van der Waals surface area contributed by atoms with E-state index in [-0.39, 0.29) is 30.7 Å². The zero-order chi connectivity index (χ0) is 24.4. The molecule has 2 fully saturated rings. The van der Waals surface area contributed by atoms with Gasteiger partial charge in [0.05, 0.1) is 18.9 Å². The first-order valence-corrected chi connectivity index (χ1v) is 11.4. The van der Waals surface area contributed by atoms with E-state index in [1.54, 1.807) is 22.9 Å². The molecule has 35 heavy (non-hydrogen) atoms. The Morgan fingerprint density at radius 3 is 2.80 bits per heavy atom. The summed E-state index contributed by atoms with van der Waals surface area (Å²) in [6.07, 6.45) is 6.58. The van der Waals surface area contributed by atoms with Gasteiger partial charge in [0.2, 0.25) is 5.91 Å². The Hall–Kier alpha value is -4.18. The van der Waals surface area contributed by atoms with Crippen molar-refractivity contribution in [3.05, 3.63) is 65.8 Å². The molecule has 2 aromatic heterocycles. The fourth-order valence-electron chi connectivity index (χ4n) is 4.32. The number of carbonyl (C=O) groups is 4. The molecule has 5 rings (SSSR count). The van der Waals surface area contributed by atoms with E-state index in [0.717, 1.165) is 35.3 Å². The number of hydrogen-bond donors (Lipinski definition) is 2. The van der Waals surface area contributed by atoms with Gasteiger partial charge in [-0.15, -0.1) is 0 Å². The molecule has 5 amide bonds. The lowest BCUT2D eigenvalue weighted by atomic mass is 10.1. The minimum absolute atomic E-state index is 0.0447. The van der Waals surface area contributed by atoms with E-state index >= 15 is 0 Å². The third kappa shape index (κ3) is 4.73. The van der Waals surface area contributed by atoms with E-state index < -0.39 is 17.8 Å². The largest absolute Gasteiger partial charge is 0.467 e. The first-order valence-electron chi connectivity index (χ1n) is 11.4. The number of carbonyl (C=O) groups excluding carboxylic acids is 4. The van der Waals surface area contributed by atoms with Crippen LogP contribution in [-0.2, 0) is 32.2 Å². The summed E-state index contributed by atoms with van der Waals surface area (Å²) in [4.78, 5) is 51.4. The molecule has 2 N–H and O–H groups in total. The molecule has 2 saturated heterocycles. The van der Waals surface area contributed by atoms with Crippen LogP contribution in [0.25, 0.3) is 17.0 Å². The molecular formula is C25H24N4O6. The van der Waals surface area contributed by atoms with Crippen LogP contribution in [-0.4, -0.2) is 52.5 Å². The number of rotatable bonds is 7. The summed E-state index contributed by atoms with van der Waals surface area (Å²) in [5.41, 5.74) is 1.18. The summed E-state index contributed by atoms with van der Waals surface area (Å²) in [5.74, 6) is -1.25. The van der Waals surface area contributed by atoms with Gasteiger partial charge >= 0.3 is 6.03 Å². The number of urea groups is 1. The number of nitrogens with one attached hydrogen (secondary N) is 2. The van der Waals surface area contributed by atoms with Crippen LogP contribution >= 0.6 is 0 Å². The third-order valence-corrected chi connectivity index (χ3v) is 6.06. The second kappa shape index (κ2) is 9.59. The zero-order valence-electron chi connectivity index (χ0n) is 18.9. The van der Waals surface area contributed by atoms with E-state index in [1.807, 2.05) is 24.3 Å². The maximum absolute atomic E-state index is 13.1. The highest BCUT2D eigenvalue weighted by Crippen LogP contribution is 2.25. The Labute approximate surface area is 200 Å². The van der Waals surface area contributed by atoms with Gasteiger partial charge in [-0.1, -0.05) is 18.2 Å². The van der Waals surface area contributed by atoms with Crippen molar-refractivity contribution in [2.45, 2.75) is 32.0 Å². The Balaban J connectivity index is 1.40. The number of nitrogens with zero attached hydrogens (tertiary/aromatic N) is 2. The predicted molar refractivity (Wildman–Crippen MR) is 125 cm³/mol. The average molecular weight is 476 g/mol. The minimum Gasteiger partial charge on any atom is -0.467 e. The Morgan fingerprint density at radius 2 is 2.03 bits per heavy atom. The number of hydrogen-bond acceptors (Lipinski definition) is 6. The van der Waals surface area contributed by atoms with Gasteiger partial charge in [0, 0.05) is 35.8 Å². The van der Waals surface area contributed by atoms with Crippen molar-refractivity contribution >= 4 is 40.7 Å². The van der Waals surface area contributed by atoms with Crippen molar-refractivity contribution in [1.82, 2.24) is 20.1 Å². The van der Waals surface area contributed by atoms with Crippen molar-refractivity contribution in [1.29, 1.82) is 0 Å². The normalized spacial score (nSPS) is 19.5. The highest BCUT2D eigenvalue weighted by molar-refractivity contribution is 6.31. The lowest BCUT2D eigenvalue weighted by Gasteiger charge is -2.25. The van der Waals surface area contributed by atoms with Gasteiger partial charge in [-0.05, 0) is 37.1 Å². The Bertz CT molecular complexity index is 1320. The lowest BCUT2D eigenvalue weighted by Crippen LogP contribution is -2.53. The van der Waals surface area contributed by atoms with E-state index in [0.29, 0.717) is 17.9 Å². The summed E-state index contributed by atoms with van der Waals surface area (Å²) in [5, 5.41) is 5.88. The van der Waals surface area contributed by atoms with Gasteiger partial charge < -0.3 is 19.0 Å². The van der Waals surface area contributed by atoms with Crippen molar-refractivity contribution in [3.63, 3.8) is 0 Å². The number of benzene rings is 1. The van der Waals surface area contributed by atoms with Crippen LogP contribution in [0.3, 0.4) is 0 Å². The average Bonchev–Trinajstić information content (AvgIpc) is 3.61. The molecule has 1 aromatic carbocycles. The minimum atomic E-state index is -0.807. The molecule has 2 aliphatic rings. The van der Waals surface area contributed by atoms with E-state index in [1.165, 1.54) is 12.3 Å². The lowest BCUT2D eigenvalue weighted by molar-refractivity contribution is -0.130. The molecule has 10 nitrogen and oxygen atoms in total. The number of amides is 5. The fraction of sp³-hybridized carbons (Fsp3) is 0.280.